The second-order valence-electron chi connectivity index (χ2n) is 6.09. The van der Waals surface area contributed by atoms with Gasteiger partial charge in [0.25, 0.3) is 5.91 Å². The first-order chi connectivity index (χ1) is 12.7. The van der Waals surface area contributed by atoms with Crippen LogP contribution in [0, 0.1) is 0 Å². The zero-order valence-corrected chi connectivity index (χ0v) is 15.5. The molecular weight excluding hydrogens is 348 g/mol. The standard InChI is InChI=1S/C20H22N2O3S/c1-26-10-9-16(13-23)21-20(24)15-7-8-18-17(12-15)22-19(25-18)11-14-5-3-2-4-6-14/h2-8,12,16,23H,9-11,13H2,1H3,(H,21,24)/t16-/m0/s1. The number of benzene rings is 2. The van der Waals surface area contributed by atoms with E-state index < -0.39 is 0 Å². The molecule has 0 saturated heterocycles. The van der Waals surface area contributed by atoms with Gasteiger partial charge in [-0.05, 0) is 42.2 Å². The maximum Gasteiger partial charge on any atom is 0.251 e. The summed E-state index contributed by atoms with van der Waals surface area (Å²) in [7, 11) is 0. The van der Waals surface area contributed by atoms with Crippen LogP contribution in [0.1, 0.15) is 28.2 Å². The molecule has 1 heterocycles. The van der Waals surface area contributed by atoms with E-state index in [0.29, 0.717) is 29.0 Å². The summed E-state index contributed by atoms with van der Waals surface area (Å²) in [6.07, 6.45) is 3.34. The van der Waals surface area contributed by atoms with Crippen LogP contribution in [0.2, 0.25) is 0 Å². The number of carbonyl (C=O) groups is 1. The van der Waals surface area contributed by atoms with Crippen molar-refractivity contribution >= 4 is 28.8 Å². The Bertz CT molecular complexity index is 864. The van der Waals surface area contributed by atoms with E-state index in [4.69, 9.17) is 4.42 Å². The highest BCUT2D eigenvalue weighted by atomic mass is 32.2. The summed E-state index contributed by atoms with van der Waals surface area (Å²) in [5.74, 6) is 1.30. The van der Waals surface area contributed by atoms with Crippen LogP contribution in [0.15, 0.2) is 52.9 Å². The van der Waals surface area contributed by atoms with Crippen molar-refractivity contribution in [1.29, 1.82) is 0 Å². The van der Waals surface area contributed by atoms with Crippen molar-refractivity contribution in [2.24, 2.45) is 0 Å². The summed E-state index contributed by atoms with van der Waals surface area (Å²) in [6, 6.07) is 15.0. The van der Waals surface area contributed by atoms with Gasteiger partial charge in [0.1, 0.15) is 5.52 Å². The number of aliphatic hydroxyl groups is 1. The van der Waals surface area contributed by atoms with Gasteiger partial charge in [-0.1, -0.05) is 30.3 Å². The quantitative estimate of drug-likeness (QED) is 0.637. The number of nitrogens with zero attached hydrogens (tertiary/aromatic N) is 1. The molecule has 5 nitrogen and oxygen atoms in total. The lowest BCUT2D eigenvalue weighted by atomic mass is 10.1. The Balaban J connectivity index is 1.73. The molecule has 0 spiro atoms. The molecule has 0 fully saturated rings. The molecule has 1 aromatic heterocycles. The monoisotopic (exact) mass is 370 g/mol. The number of aliphatic hydroxyl groups excluding tert-OH is 1. The first-order valence-electron chi connectivity index (χ1n) is 8.53. The van der Waals surface area contributed by atoms with Crippen LogP contribution in [0.4, 0.5) is 0 Å². The van der Waals surface area contributed by atoms with E-state index in [0.717, 1.165) is 17.7 Å². The molecule has 0 aliphatic heterocycles. The number of carbonyl (C=O) groups excluding carboxylic acids is 1. The SMILES string of the molecule is CSCC[C@@H](CO)NC(=O)c1ccc2oc(Cc3ccccc3)nc2c1. The van der Waals surface area contributed by atoms with Crippen molar-refractivity contribution in [2.75, 3.05) is 18.6 Å². The molecule has 0 bridgehead atoms. The fourth-order valence-electron chi connectivity index (χ4n) is 2.70. The van der Waals surface area contributed by atoms with Crippen molar-refractivity contribution in [1.82, 2.24) is 10.3 Å². The maximum absolute atomic E-state index is 12.4. The molecule has 0 unspecified atom stereocenters. The topological polar surface area (TPSA) is 75.4 Å². The Morgan fingerprint density at radius 1 is 1.27 bits per heavy atom. The van der Waals surface area contributed by atoms with Crippen molar-refractivity contribution in [3.8, 4) is 0 Å². The molecule has 0 saturated carbocycles. The zero-order valence-electron chi connectivity index (χ0n) is 14.6. The van der Waals surface area contributed by atoms with Crippen LogP contribution in [0.5, 0.6) is 0 Å². The van der Waals surface area contributed by atoms with E-state index in [1.807, 2.05) is 36.6 Å². The van der Waals surface area contributed by atoms with Gasteiger partial charge in [0.05, 0.1) is 12.6 Å². The molecule has 136 valence electrons. The minimum absolute atomic E-state index is 0.0697. The van der Waals surface area contributed by atoms with Crippen LogP contribution >= 0.6 is 11.8 Å². The lowest BCUT2D eigenvalue weighted by Crippen LogP contribution is -2.37. The summed E-state index contributed by atoms with van der Waals surface area (Å²) in [4.78, 5) is 16.9. The Hall–Kier alpha value is -2.31. The minimum Gasteiger partial charge on any atom is -0.440 e. The highest BCUT2D eigenvalue weighted by Crippen LogP contribution is 2.19. The third-order valence-corrected chi connectivity index (χ3v) is 4.76. The number of rotatable bonds is 8. The minimum atomic E-state index is -0.239. The average molecular weight is 370 g/mol. The largest absolute Gasteiger partial charge is 0.440 e. The second kappa shape index (κ2) is 8.87. The van der Waals surface area contributed by atoms with Gasteiger partial charge < -0.3 is 14.8 Å². The van der Waals surface area contributed by atoms with Crippen LogP contribution < -0.4 is 5.32 Å². The molecule has 0 aliphatic carbocycles. The molecule has 3 rings (SSSR count). The molecule has 1 atom stereocenters. The molecule has 2 N–H and O–H groups in total. The number of nitrogens with one attached hydrogen (secondary N) is 1. The zero-order chi connectivity index (χ0) is 18.4. The number of aromatic nitrogens is 1. The van der Waals surface area contributed by atoms with E-state index in [1.165, 1.54) is 0 Å². The van der Waals surface area contributed by atoms with E-state index in [1.54, 1.807) is 30.0 Å². The van der Waals surface area contributed by atoms with Gasteiger partial charge in [0, 0.05) is 12.0 Å². The van der Waals surface area contributed by atoms with Gasteiger partial charge in [-0.15, -0.1) is 0 Å². The maximum atomic E-state index is 12.4. The fraction of sp³-hybridized carbons (Fsp3) is 0.300. The van der Waals surface area contributed by atoms with Crippen LogP contribution in [-0.2, 0) is 6.42 Å². The van der Waals surface area contributed by atoms with E-state index in [9.17, 15) is 9.90 Å². The summed E-state index contributed by atoms with van der Waals surface area (Å²) >= 11 is 1.69. The molecule has 0 aliphatic rings. The number of fused-ring (bicyclic) bond motifs is 1. The highest BCUT2D eigenvalue weighted by Gasteiger charge is 2.15. The Labute approximate surface area is 156 Å². The Morgan fingerprint density at radius 2 is 2.08 bits per heavy atom. The summed E-state index contributed by atoms with van der Waals surface area (Å²) in [5, 5.41) is 12.3. The highest BCUT2D eigenvalue weighted by molar-refractivity contribution is 7.98. The number of hydrogen-bond acceptors (Lipinski definition) is 5. The molecule has 26 heavy (non-hydrogen) atoms. The summed E-state index contributed by atoms with van der Waals surface area (Å²) in [6.45, 7) is -0.0697. The first-order valence-corrected chi connectivity index (χ1v) is 9.93. The Morgan fingerprint density at radius 3 is 2.81 bits per heavy atom. The predicted octanol–water partition coefficient (Wildman–Crippen LogP) is 3.26. The van der Waals surface area contributed by atoms with Gasteiger partial charge in [-0.3, -0.25) is 4.79 Å². The van der Waals surface area contributed by atoms with Gasteiger partial charge in [-0.25, -0.2) is 4.98 Å². The Kier molecular flexibility index (Phi) is 6.30. The smallest absolute Gasteiger partial charge is 0.251 e. The van der Waals surface area contributed by atoms with Crippen LogP contribution in [-0.4, -0.2) is 40.7 Å². The van der Waals surface area contributed by atoms with Crippen molar-refractivity contribution in [3.63, 3.8) is 0 Å². The van der Waals surface area contributed by atoms with Crippen molar-refractivity contribution in [3.05, 3.63) is 65.5 Å². The third kappa shape index (κ3) is 4.65. The van der Waals surface area contributed by atoms with E-state index in [2.05, 4.69) is 10.3 Å². The lowest BCUT2D eigenvalue weighted by molar-refractivity contribution is 0.0915. The normalized spacial score (nSPS) is 12.2. The number of hydrogen-bond donors (Lipinski definition) is 2. The van der Waals surface area contributed by atoms with Crippen molar-refractivity contribution < 1.29 is 14.3 Å². The molecule has 2 aromatic carbocycles. The summed E-state index contributed by atoms with van der Waals surface area (Å²) < 4.78 is 5.78. The number of oxazole rings is 1. The second-order valence-corrected chi connectivity index (χ2v) is 7.07. The molecule has 3 aromatic rings. The predicted molar refractivity (Wildman–Crippen MR) is 105 cm³/mol. The van der Waals surface area contributed by atoms with Gasteiger partial charge in [0.15, 0.2) is 11.5 Å². The fourth-order valence-corrected chi connectivity index (χ4v) is 3.22. The average Bonchev–Trinajstić information content (AvgIpc) is 3.07. The van der Waals surface area contributed by atoms with Gasteiger partial charge in [-0.2, -0.15) is 11.8 Å². The van der Waals surface area contributed by atoms with Crippen LogP contribution in [0.25, 0.3) is 11.1 Å². The number of thioether (sulfide) groups is 1. The molecule has 1 amide bonds. The molecule has 0 radical (unpaired) electrons. The van der Waals surface area contributed by atoms with Gasteiger partial charge >= 0.3 is 0 Å². The van der Waals surface area contributed by atoms with Crippen molar-refractivity contribution in [2.45, 2.75) is 18.9 Å². The van der Waals surface area contributed by atoms with Crippen LogP contribution in [0.3, 0.4) is 0 Å². The molecule has 6 heteroatoms. The van der Waals surface area contributed by atoms with E-state index in [-0.39, 0.29) is 18.6 Å². The molecular formula is C20H22N2O3S. The summed E-state index contributed by atoms with van der Waals surface area (Å²) in [5.41, 5.74) is 2.96. The first kappa shape index (κ1) is 18.5. The van der Waals surface area contributed by atoms with Gasteiger partial charge in [0.2, 0.25) is 0 Å². The van der Waals surface area contributed by atoms with E-state index >= 15 is 0 Å². The third-order valence-electron chi connectivity index (χ3n) is 4.12. The lowest BCUT2D eigenvalue weighted by Gasteiger charge is -2.15. The number of amides is 1.